The second-order valence-electron chi connectivity index (χ2n) is 19.4. The largest absolute Gasteiger partial charge is 0.515 e. The van der Waals surface area contributed by atoms with Crippen molar-refractivity contribution in [3.8, 4) is 0 Å². The molecule has 8 bridgehead atoms. The highest BCUT2D eigenvalue weighted by atomic mass is 16.5. The molecule has 1 saturated heterocycles. The molecule has 64 heavy (non-hydrogen) atoms. The van der Waals surface area contributed by atoms with Crippen LogP contribution in [0.25, 0.3) is 0 Å². The number of ketones is 1. The monoisotopic (exact) mass is 873 g/mol. The molecule has 0 aromatic rings. The average Bonchev–Trinajstić information content (AvgIpc) is 3.99. The number of allylic oxidation sites excluding steroid dienone is 12. The summed E-state index contributed by atoms with van der Waals surface area (Å²) in [4.78, 5) is 56.4. The standard InChI is InChI=1S/C54H72N4O6/c1-12-38-34(7)42-27-46-40(29-59)36(9)41(56-46)26-43-35(8)39(51(57-43)49-50(54(62)63-11)53(61)48-37(10)44(58-52(48)49)28-45(38)55-42)22-23-47(60)64-25-24-33(6)21-15-20-32(5)19-14-18-31(4)17-13-16-30(2)3/h24,26-32,35,39,50,57,59H,12-23,25H2,1-11H3. The second kappa shape index (κ2) is 21.2. The van der Waals surface area contributed by atoms with Gasteiger partial charge in [-0.3, -0.25) is 14.4 Å². The van der Waals surface area contributed by atoms with Gasteiger partial charge in [0.05, 0.1) is 47.6 Å². The van der Waals surface area contributed by atoms with Crippen LogP contribution in [-0.2, 0) is 23.9 Å². The Morgan fingerprint density at radius 2 is 1.52 bits per heavy atom. The summed E-state index contributed by atoms with van der Waals surface area (Å²) < 4.78 is 11.0. The van der Waals surface area contributed by atoms with Gasteiger partial charge in [0.25, 0.3) is 0 Å². The smallest absolute Gasteiger partial charge is 0.321 e. The van der Waals surface area contributed by atoms with Gasteiger partial charge in [-0.25, -0.2) is 15.0 Å². The molecule has 0 aromatic heterocycles. The Labute approximate surface area is 382 Å². The lowest BCUT2D eigenvalue weighted by Crippen LogP contribution is -2.26. The Morgan fingerprint density at radius 1 is 0.859 bits per heavy atom. The van der Waals surface area contributed by atoms with Gasteiger partial charge < -0.3 is 19.9 Å². The summed E-state index contributed by atoms with van der Waals surface area (Å²) in [6, 6.07) is 0. The van der Waals surface area contributed by atoms with Gasteiger partial charge in [0, 0.05) is 46.4 Å². The van der Waals surface area contributed by atoms with Crippen LogP contribution in [0.15, 0.2) is 119 Å². The number of rotatable bonds is 19. The van der Waals surface area contributed by atoms with Gasteiger partial charge in [-0.15, -0.1) is 0 Å². The van der Waals surface area contributed by atoms with Crippen molar-refractivity contribution in [3.63, 3.8) is 0 Å². The van der Waals surface area contributed by atoms with Crippen molar-refractivity contribution in [1.82, 2.24) is 5.32 Å². The van der Waals surface area contributed by atoms with E-state index in [2.05, 4.69) is 53.8 Å². The summed E-state index contributed by atoms with van der Waals surface area (Å²) in [6.07, 6.45) is 21.4. The summed E-state index contributed by atoms with van der Waals surface area (Å²) in [5, 5.41) is 14.0. The van der Waals surface area contributed by atoms with Crippen LogP contribution in [0.1, 0.15) is 146 Å². The van der Waals surface area contributed by atoms with Crippen LogP contribution in [0.3, 0.4) is 0 Å². The molecule has 2 fully saturated rings. The first-order valence-corrected chi connectivity index (χ1v) is 23.9. The van der Waals surface area contributed by atoms with Gasteiger partial charge in [-0.1, -0.05) is 92.1 Å². The lowest BCUT2D eigenvalue weighted by molar-refractivity contribution is -0.146. The zero-order valence-corrected chi connectivity index (χ0v) is 40.4. The highest BCUT2D eigenvalue weighted by molar-refractivity contribution is 6.42. The number of esters is 2. The molecule has 0 aromatic carbocycles. The van der Waals surface area contributed by atoms with Crippen LogP contribution in [0, 0.1) is 35.5 Å². The number of Topliss-reactive ketones (excluding diaryl/α,β-unsaturated/α-hetero) is 1. The Kier molecular flexibility index (Phi) is 16.0. The van der Waals surface area contributed by atoms with E-state index < -0.39 is 11.9 Å². The minimum Gasteiger partial charge on any atom is -0.515 e. The fraction of sp³-hybridized carbons (Fsp3) is 0.556. The number of aliphatic imine (C=N–C) groups is 3. The van der Waals surface area contributed by atoms with Crippen LogP contribution in [-0.4, -0.2) is 53.7 Å². The van der Waals surface area contributed by atoms with Crippen LogP contribution >= 0.6 is 0 Å². The number of carbonyl (C=O) groups is 3. The van der Waals surface area contributed by atoms with E-state index in [1.54, 1.807) is 0 Å². The number of hydrogen-bond acceptors (Lipinski definition) is 10. The average molecular weight is 873 g/mol. The number of nitrogens with one attached hydrogen (secondary N) is 1. The number of carbonyl (C=O) groups excluding carboxylic acids is 3. The van der Waals surface area contributed by atoms with Crippen molar-refractivity contribution >= 4 is 34.9 Å². The van der Waals surface area contributed by atoms with Gasteiger partial charge in [-0.05, 0) is 118 Å². The molecule has 344 valence electrons. The highest BCUT2D eigenvalue weighted by Gasteiger charge is 2.52. The van der Waals surface area contributed by atoms with Gasteiger partial charge >= 0.3 is 11.9 Å². The number of hydrogen-bond donors (Lipinski definition) is 2. The molecule has 6 rings (SSSR count). The van der Waals surface area contributed by atoms with Crippen LogP contribution in [0.4, 0.5) is 0 Å². The maximum atomic E-state index is 14.4. The van der Waals surface area contributed by atoms with Crippen molar-refractivity contribution in [3.05, 3.63) is 104 Å². The molecule has 6 aliphatic rings. The molecule has 10 nitrogen and oxygen atoms in total. The van der Waals surface area contributed by atoms with Gasteiger partial charge in [0.15, 0.2) is 5.78 Å². The van der Waals surface area contributed by atoms with E-state index in [0.29, 0.717) is 63.1 Å². The van der Waals surface area contributed by atoms with Crippen molar-refractivity contribution in [1.29, 1.82) is 0 Å². The van der Waals surface area contributed by atoms with Gasteiger partial charge in [0.2, 0.25) is 0 Å². The molecule has 5 unspecified atom stereocenters. The SMILES string of the molecule is CCC1=C(C)C2=CC3=NC(=C(C)C3=CO)C=C3NC(=C4C5=NC(=CC1=N2)C(C)=C5C(=O)C4C(=O)OC)C(CCC(=O)OCC=C(C)CCCC(C)CCCC(C)CCCC(C)C)C3C. The third kappa shape index (κ3) is 10.5. The Bertz CT molecular complexity index is 2300. The number of fused-ring (bicyclic) bond motifs is 5. The Hall–Kier alpha value is -5.12. The predicted octanol–water partition coefficient (Wildman–Crippen LogP) is 12.0. The molecular formula is C54H72N4O6. The molecule has 5 aliphatic heterocycles. The predicted molar refractivity (Wildman–Crippen MR) is 258 cm³/mol. The fourth-order valence-electron chi connectivity index (χ4n) is 10.1. The molecule has 10 heteroatoms. The Balaban J connectivity index is 1.20. The highest BCUT2D eigenvalue weighted by Crippen LogP contribution is 2.47. The summed E-state index contributed by atoms with van der Waals surface area (Å²) in [7, 11) is 1.29. The minimum atomic E-state index is -1.21. The third-order valence-electron chi connectivity index (χ3n) is 14.2. The second-order valence-corrected chi connectivity index (χ2v) is 19.4. The van der Waals surface area contributed by atoms with E-state index in [0.717, 1.165) is 71.2 Å². The molecule has 5 heterocycles. The van der Waals surface area contributed by atoms with Crippen LogP contribution < -0.4 is 5.32 Å². The molecule has 1 saturated carbocycles. The lowest BCUT2D eigenvalue weighted by atomic mass is 9.85. The van der Waals surface area contributed by atoms with Crippen LogP contribution in [0.5, 0.6) is 0 Å². The molecule has 5 atom stereocenters. The summed E-state index contributed by atoms with van der Waals surface area (Å²) in [6.45, 7) is 21.7. The first-order chi connectivity index (χ1) is 30.6. The first kappa shape index (κ1) is 48.3. The number of aliphatic hydroxyl groups excluding tert-OH is 1. The molecule has 1 aliphatic carbocycles. The zero-order chi connectivity index (χ0) is 46.4. The summed E-state index contributed by atoms with van der Waals surface area (Å²) >= 11 is 0. The van der Waals surface area contributed by atoms with Crippen molar-refractivity contribution in [2.75, 3.05) is 13.7 Å². The van der Waals surface area contributed by atoms with E-state index in [1.807, 2.05) is 45.1 Å². The summed E-state index contributed by atoms with van der Waals surface area (Å²) in [5.41, 5.74) is 11.5. The number of nitrogens with zero attached hydrogens (tertiary/aromatic N) is 3. The van der Waals surface area contributed by atoms with E-state index in [9.17, 15) is 19.5 Å². The van der Waals surface area contributed by atoms with E-state index >= 15 is 0 Å². The number of ether oxygens (including phenoxy) is 2. The van der Waals surface area contributed by atoms with Crippen molar-refractivity contribution < 1.29 is 29.0 Å². The fourth-order valence-corrected chi connectivity index (χ4v) is 10.1. The van der Waals surface area contributed by atoms with Crippen LogP contribution in [0.2, 0.25) is 0 Å². The normalized spacial score (nSPS) is 23.4. The lowest BCUT2D eigenvalue weighted by Gasteiger charge is -2.19. The van der Waals surface area contributed by atoms with E-state index in [1.165, 1.54) is 57.6 Å². The maximum absolute atomic E-state index is 14.4. The Morgan fingerprint density at radius 3 is 2.17 bits per heavy atom. The molecular weight excluding hydrogens is 801 g/mol. The maximum Gasteiger partial charge on any atom is 0.321 e. The third-order valence-corrected chi connectivity index (χ3v) is 14.2. The summed E-state index contributed by atoms with van der Waals surface area (Å²) in [5.74, 6) is -0.697. The molecule has 0 radical (unpaired) electrons. The zero-order valence-electron chi connectivity index (χ0n) is 40.4. The molecule has 0 spiro atoms. The molecule has 0 amide bonds. The van der Waals surface area contributed by atoms with Gasteiger partial charge in [-0.2, -0.15) is 0 Å². The van der Waals surface area contributed by atoms with Crippen molar-refractivity contribution in [2.24, 2.45) is 50.5 Å². The quantitative estimate of drug-likeness (QED) is 0.0570. The first-order valence-electron chi connectivity index (χ1n) is 23.9. The van der Waals surface area contributed by atoms with E-state index in [4.69, 9.17) is 24.5 Å². The number of aliphatic hydroxyl groups is 1. The minimum absolute atomic E-state index is 0.137. The van der Waals surface area contributed by atoms with Gasteiger partial charge in [0.1, 0.15) is 12.5 Å². The number of methoxy groups -OCH3 is 1. The van der Waals surface area contributed by atoms with Crippen molar-refractivity contribution in [2.45, 2.75) is 146 Å². The molecule has 2 N–H and O–H groups in total. The van der Waals surface area contributed by atoms with E-state index in [-0.39, 0.29) is 36.6 Å². The topological polar surface area (TPSA) is 139 Å².